The van der Waals surface area contributed by atoms with E-state index in [1.807, 2.05) is 14.1 Å². The Labute approximate surface area is 213 Å². The number of amidine groups is 2. The molecule has 0 aliphatic carbocycles. The van der Waals surface area contributed by atoms with Crippen molar-refractivity contribution in [2.24, 2.45) is 11.5 Å². The van der Waals surface area contributed by atoms with E-state index in [4.69, 9.17) is 35.2 Å². The van der Waals surface area contributed by atoms with Crippen LogP contribution in [0.2, 0.25) is 0 Å². The summed E-state index contributed by atoms with van der Waals surface area (Å²) in [4.78, 5) is 5.87. The molecule has 0 aliphatic heterocycles. The summed E-state index contributed by atoms with van der Waals surface area (Å²) in [6, 6.07) is 0.725. The van der Waals surface area contributed by atoms with Crippen LogP contribution in [0.25, 0.3) is 0 Å². The first-order chi connectivity index (χ1) is 17.1. The normalized spacial score (nSPS) is 11.8. The van der Waals surface area contributed by atoms with Crippen LogP contribution in [0, 0.1) is 0 Å². The molecule has 0 fully saturated rings. The third-order valence-corrected chi connectivity index (χ3v) is 4.88. The van der Waals surface area contributed by atoms with Gasteiger partial charge in [0.25, 0.3) is 0 Å². The number of methoxy groups -OCH3 is 2. The smallest absolute Gasteiger partial charge is 0.435 e. The van der Waals surface area contributed by atoms with Gasteiger partial charge in [0.2, 0.25) is 0 Å². The third-order valence-electron chi connectivity index (χ3n) is 4.88. The molecule has 8 N–H and O–H groups in total. The third kappa shape index (κ3) is 34.6. The monoisotopic (exact) mass is 508 g/mol. The lowest BCUT2D eigenvalue weighted by atomic mass is 10.1. The van der Waals surface area contributed by atoms with Gasteiger partial charge in [-0.05, 0) is 39.9 Å². The zero-order chi connectivity index (χ0) is 26.2. The largest absolute Gasteiger partial charge is 0.439 e. The molecule has 0 saturated carbocycles. The van der Waals surface area contributed by atoms with Crippen molar-refractivity contribution in [3.8, 4) is 0 Å². The van der Waals surface area contributed by atoms with Crippen molar-refractivity contribution in [1.82, 2.24) is 10.6 Å². The Kier molecular flexibility index (Phi) is 32.8. The summed E-state index contributed by atoms with van der Waals surface area (Å²) in [5.74, 6) is 0. The van der Waals surface area contributed by atoms with E-state index in [1.54, 1.807) is 7.11 Å². The van der Waals surface area contributed by atoms with Gasteiger partial charge in [-0.15, -0.1) is 0 Å². The average molecular weight is 509 g/mol. The molecule has 0 spiro atoms. The van der Waals surface area contributed by atoms with Gasteiger partial charge in [-0.25, -0.2) is 9.98 Å². The highest BCUT2D eigenvalue weighted by atomic mass is 16.5. The minimum absolute atomic E-state index is 0.300. The molecule has 0 aliphatic rings. The van der Waals surface area contributed by atoms with Gasteiger partial charge in [-0.1, -0.05) is 32.1 Å². The predicted molar refractivity (Wildman–Crippen MR) is 141 cm³/mol. The summed E-state index contributed by atoms with van der Waals surface area (Å²) >= 11 is 0. The fraction of sp³-hybridized carbons (Fsp3) is 0.917. The number of rotatable bonds is 23. The Morgan fingerprint density at radius 2 is 0.971 bits per heavy atom. The highest BCUT2D eigenvalue weighted by Crippen LogP contribution is 2.07. The van der Waals surface area contributed by atoms with Crippen LogP contribution < -0.4 is 32.1 Å². The van der Waals surface area contributed by atoms with Crippen molar-refractivity contribution in [3.63, 3.8) is 0 Å². The van der Waals surface area contributed by atoms with Crippen LogP contribution in [0.1, 0.15) is 51.4 Å². The van der Waals surface area contributed by atoms with E-state index in [2.05, 4.69) is 20.6 Å². The van der Waals surface area contributed by atoms with E-state index in [0.717, 1.165) is 19.6 Å². The van der Waals surface area contributed by atoms with E-state index >= 15 is 0 Å². The van der Waals surface area contributed by atoms with Gasteiger partial charge in [0.1, 0.15) is 6.54 Å². The Morgan fingerprint density at radius 3 is 1.49 bits per heavy atom. The number of unbranched alkanes of at least 4 members (excludes halogenated alkanes) is 7. The maximum atomic E-state index is 5.47. The van der Waals surface area contributed by atoms with Crippen molar-refractivity contribution in [1.29, 1.82) is 0 Å². The molecule has 35 heavy (non-hydrogen) atoms. The number of hydrogen-bond donors (Lipinski definition) is 6. The first kappa shape index (κ1) is 35.5. The van der Waals surface area contributed by atoms with Crippen LogP contribution in [0.4, 0.5) is 0 Å². The molecular weight excluding hydrogens is 452 g/mol. The highest BCUT2D eigenvalue weighted by molar-refractivity contribution is 5.64. The minimum Gasteiger partial charge on any atom is -0.435 e. The van der Waals surface area contributed by atoms with Gasteiger partial charge in [-0.2, -0.15) is 0 Å². The fourth-order valence-electron chi connectivity index (χ4n) is 2.81. The van der Waals surface area contributed by atoms with E-state index in [-0.39, 0.29) is 0 Å². The molecular formula is C24H56N6O5+2. The van der Waals surface area contributed by atoms with E-state index in [0.29, 0.717) is 58.2 Å². The summed E-state index contributed by atoms with van der Waals surface area (Å²) in [5, 5.41) is 6.18. The summed E-state index contributed by atoms with van der Waals surface area (Å²) in [7, 11) is 7.00. The molecule has 0 aromatic rings. The lowest BCUT2D eigenvalue weighted by Crippen LogP contribution is -2.77. The van der Waals surface area contributed by atoms with Crippen LogP contribution in [0.15, 0.2) is 0 Å². The minimum atomic E-state index is 0.300. The summed E-state index contributed by atoms with van der Waals surface area (Å²) in [6.45, 7) is 7.16. The zero-order valence-electron chi connectivity index (χ0n) is 22.9. The average Bonchev–Trinajstić information content (AvgIpc) is 2.87. The second-order valence-electron chi connectivity index (χ2n) is 7.86. The second kappa shape index (κ2) is 32.3. The molecule has 0 aromatic carbocycles. The Morgan fingerprint density at radius 1 is 0.543 bits per heavy atom. The number of nitrogens with one attached hydrogen (secondary N) is 4. The summed E-state index contributed by atoms with van der Waals surface area (Å²) in [5.41, 5.74) is 10.9. The van der Waals surface area contributed by atoms with Crippen LogP contribution in [-0.2, 0) is 23.7 Å². The summed E-state index contributed by atoms with van der Waals surface area (Å²) < 4.78 is 25.5. The Hall–Kier alpha value is -1.66. The lowest BCUT2D eigenvalue weighted by Gasteiger charge is -2.05. The standard InChI is InChI=1S/C13H29N3O.C11H25N3O4/c1-15-11-9-7-5-3-4-6-8-10-12-16-13(14)17-2;1-13-3-5-16-7-9-18-10-8-17-6-4-14-11(12)15-2/h15H,3-12H2,1-2H3,(H2,14,16);13H,3-10H2,1-2H3,(H2,12,14)/p+2. The van der Waals surface area contributed by atoms with Crippen molar-refractivity contribution in [2.45, 2.75) is 51.4 Å². The topological polar surface area (TPSA) is 150 Å². The fourth-order valence-corrected chi connectivity index (χ4v) is 2.81. The molecule has 0 amide bonds. The van der Waals surface area contributed by atoms with Crippen LogP contribution in [-0.4, -0.2) is 106 Å². The molecule has 0 heterocycles. The Bertz CT molecular complexity index is 470. The lowest BCUT2D eigenvalue weighted by molar-refractivity contribution is -0.472. The molecule has 0 unspecified atom stereocenters. The van der Waals surface area contributed by atoms with Gasteiger partial charge in [0.15, 0.2) is 0 Å². The SMILES string of the molecule is CNCCCCCCCCCC[NH+]=C(N)OC.CNCCOCCOCCOCC[NH+]=C(N)OC. The van der Waals surface area contributed by atoms with Crippen molar-refractivity contribution >= 4 is 12.0 Å². The van der Waals surface area contributed by atoms with Crippen LogP contribution in [0.3, 0.4) is 0 Å². The first-order valence-corrected chi connectivity index (χ1v) is 12.9. The van der Waals surface area contributed by atoms with Crippen LogP contribution in [0.5, 0.6) is 0 Å². The maximum absolute atomic E-state index is 5.47. The van der Waals surface area contributed by atoms with Crippen LogP contribution >= 0.6 is 0 Å². The van der Waals surface area contributed by atoms with E-state index < -0.39 is 0 Å². The number of hydrogen-bond acceptors (Lipinski definition) is 7. The molecule has 0 saturated heterocycles. The quantitative estimate of drug-likeness (QED) is 0.0507. The molecule has 0 bridgehead atoms. The molecule has 0 atom stereocenters. The second-order valence-corrected chi connectivity index (χ2v) is 7.86. The van der Waals surface area contributed by atoms with E-state index in [9.17, 15) is 0 Å². The van der Waals surface area contributed by atoms with Crippen molar-refractivity contribution in [3.05, 3.63) is 0 Å². The maximum Gasteiger partial charge on any atom is 0.439 e. The van der Waals surface area contributed by atoms with Gasteiger partial charge in [-0.3, -0.25) is 11.5 Å². The zero-order valence-corrected chi connectivity index (χ0v) is 22.9. The molecule has 11 heteroatoms. The predicted octanol–water partition coefficient (Wildman–Crippen LogP) is -2.33. The number of nitrogens with two attached hydrogens (primary N) is 2. The highest BCUT2D eigenvalue weighted by Gasteiger charge is 1.96. The number of ether oxygens (including phenoxy) is 5. The molecule has 0 aromatic heterocycles. The van der Waals surface area contributed by atoms with E-state index in [1.165, 1.54) is 58.5 Å². The molecule has 210 valence electrons. The van der Waals surface area contributed by atoms with Gasteiger partial charge >= 0.3 is 12.0 Å². The Balaban J connectivity index is 0. The first-order valence-electron chi connectivity index (χ1n) is 12.9. The molecule has 0 rings (SSSR count). The molecule has 11 nitrogen and oxygen atoms in total. The number of likely N-dealkylation sites (N-methyl/N-ethyl adjacent to an activating group) is 1. The van der Waals surface area contributed by atoms with Gasteiger partial charge in [0, 0.05) is 6.54 Å². The van der Waals surface area contributed by atoms with Gasteiger partial charge < -0.3 is 34.3 Å². The van der Waals surface area contributed by atoms with Gasteiger partial charge in [0.05, 0.1) is 60.4 Å². The summed E-state index contributed by atoms with van der Waals surface area (Å²) in [6.07, 6.45) is 10.6. The molecule has 0 radical (unpaired) electrons. The van der Waals surface area contributed by atoms with Crippen molar-refractivity contribution < 1.29 is 33.7 Å². The van der Waals surface area contributed by atoms with Crippen molar-refractivity contribution in [2.75, 3.05) is 94.1 Å².